The van der Waals surface area contributed by atoms with Gasteiger partial charge in [-0.3, -0.25) is 9.69 Å². The van der Waals surface area contributed by atoms with Crippen molar-refractivity contribution in [3.8, 4) is 5.06 Å². The molecule has 0 saturated heterocycles. The first-order valence-corrected chi connectivity index (χ1v) is 10.3. The van der Waals surface area contributed by atoms with Crippen molar-refractivity contribution >= 4 is 34.9 Å². The molecule has 4 rings (SSSR count). The minimum Gasteiger partial charge on any atom is -0.480 e. The third kappa shape index (κ3) is 4.19. The van der Waals surface area contributed by atoms with E-state index in [0.29, 0.717) is 40.7 Å². The fraction of sp³-hybridized carbons (Fsp3) is 0.182. The molecule has 0 radical (unpaired) electrons. The Morgan fingerprint density at radius 3 is 2.55 bits per heavy atom. The Bertz CT molecular complexity index is 1050. The van der Waals surface area contributed by atoms with Crippen LogP contribution in [0, 0.1) is 0 Å². The van der Waals surface area contributed by atoms with E-state index in [1.54, 1.807) is 48.5 Å². The molecule has 5 nitrogen and oxygen atoms in total. The molecule has 1 N–H and O–H groups in total. The fourth-order valence-electron chi connectivity index (χ4n) is 3.51. The first-order valence-electron chi connectivity index (χ1n) is 9.13. The molecule has 0 bridgehead atoms. The number of rotatable bonds is 5. The number of hydrogen-bond donors (Lipinski definition) is 1. The third-order valence-electron chi connectivity index (χ3n) is 4.88. The van der Waals surface area contributed by atoms with Crippen LogP contribution in [0.25, 0.3) is 0 Å². The minimum absolute atomic E-state index is 0.402. The number of halogens is 1. The second-order valence-electron chi connectivity index (χ2n) is 6.75. The number of hydrogen-bond acceptors (Lipinski definition) is 5. The molecular weight excluding hydrogens is 410 g/mol. The van der Waals surface area contributed by atoms with Gasteiger partial charge in [0.1, 0.15) is 6.04 Å². The average Bonchev–Trinajstić information content (AvgIpc) is 3.11. The number of carboxylic acids is 1. The van der Waals surface area contributed by atoms with E-state index in [9.17, 15) is 14.7 Å². The maximum atomic E-state index is 12.3. The molecule has 1 aliphatic heterocycles. The summed E-state index contributed by atoms with van der Waals surface area (Å²) in [6.45, 7) is 1.04. The number of nitrogens with zero attached hydrogens (tertiary/aromatic N) is 1. The van der Waals surface area contributed by atoms with Crippen LogP contribution < -0.4 is 4.74 Å². The monoisotopic (exact) mass is 427 g/mol. The van der Waals surface area contributed by atoms with E-state index < -0.39 is 18.0 Å². The van der Waals surface area contributed by atoms with E-state index in [0.717, 1.165) is 10.4 Å². The summed E-state index contributed by atoms with van der Waals surface area (Å²) in [4.78, 5) is 27.3. The van der Waals surface area contributed by atoms with Crippen LogP contribution in [0.4, 0.5) is 0 Å². The van der Waals surface area contributed by atoms with Crippen LogP contribution in [0.15, 0.2) is 60.7 Å². The Morgan fingerprint density at radius 2 is 1.83 bits per heavy atom. The molecule has 148 valence electrons. The number of benzene rings is 2. The first kappa shape index (κ1) is 19.6. The maximum absolute atomic E-state index is 12.3. The van der Waals surface area contributed by atoms with Gasteiger partial charge >= 0.3 is 11.9 Å². The zero-order chi connectivity index (χ0) is 20.4. The van der Waals surface area contributed by atoms with Crippen molar-refractivity contribution in [2.24, 2.45) is 0 Å². The van der Waals surface area contributed by atoms with Gasteiger partial charge in [0.15, 0.2) is 5.06 Å². The number of ether oxygens (including phenoxy) is 1. The standard InChI is InChI=1S/C22H18ClNO4S/c23-17-9-5-4-8-16(17)20(21(25)26)24-11-10-18-15(13-24)12-19(29-18)28-22(27)14-6-2-1-3-7-14/h1-9,12,20H,10-11,13H2,(H,25,26). The molecule has 0 saturated carbocycles. The van der Waals surface area contributed by atoms with Gasteiger partial charge in [0.2, 0.25) is 0 Å². The van der Waals surface area contributed by atoms with Gasteiger partial charge in [0, 0.05) is 23.0 Å². The van der Waals surface area contributed by atoms with Gasteiger partial charge in [-0.1, -0.05) is 48.0 Å². The second kappa shape index (κ2) is 8.37. The third-order valence-corrected chi connectivity index (χ3v) is 6.33. The number of carbonyl (C=O) groups is 2. The van der Waals surface area contributed by atoms with E-state index in [1.165, 1.54) is 11.3 Å². The first-order chi connectivity index (χ1) is 14.0. The zero-order valence-corrected chi connectivity index (χ0v) is 16.9. The summed E-state index contributed by atoms with van der Waals surface area (Å²) in [6, 6.07) is 16.9. The molecule has 2 aromatic carbocycles. The summed E-state index contributed by atoms with van der Waals surface area (Å²) in [6.07, 6.45) is 0.692. The highest BCUT2D eigenvalue weighted by Crippen LogP contribution is 2.37. The number of thiophene rings is 1. The number of carboxylic acid groups (broad SMARTS) is 1. The van der Waals surface area contributed by atoms with Crippen molar-refractivity contribution < 1.29 is 19.4 Å². The molecule has 1 atom stereocenters. The number of carbonyl (C=O) groups excluding carboxylic acids is 1. The van der Waals surface area contributed by atoms with Crippen LogP contribution in [0.5, 0.6) is 5.06 Å². The van der Waals surface area contributed by atoms with Gasteiger partial charge in [0.05, 0.1) is 5.56 Å². The van der Waals surface area contributed by atoms with Crippen LogP contribution in [-0.4, -0.2) is 28.5 Å². The average molecular weight is 428 g/mol. The molecule has 1 unspecified atom stereocenters. The highest BCUT2D eigenvalue weighted by molar-refractivity contribution is 7.14. The molecule has 2 heterocycles. The van der Waals surface area contributed by atoms with Crippen molar-refractivity contribution in [3.63, 3.8) is 0 Å². The quantitative estimate of drug-likeness (QED) is 0.592. The number of fused-ring (bicyclic) bond motifs is 1. The highest BCUT2D eigenvalue weighted by Gasteiger charge is 2.32. The summed E-state index contributed by atoms with van der Waals surface area (Å²) in [5.41, 5.74) is 2.05. The SMILES string of the molecule is O=C(Oc1cc2c(s1)CCN(C(C(=O)O)c1ccccc1Cl)C2)c1ccccc1. The summed E-state index contributed by atoms with van der Waals surface area (Å²) >= 11 is 7.69. The molecule has 29 heavy (non-hydrogen) atoms. The Kier molecular flexibility index (Phi) is 5.67. The Morgan fingerprint density at radius 1 is 1.10 bits per heavy atom. The Labute approximate surface area is 177 Å². The van der Waals surface area contributed by atoms with Crippen LogP contribution in [0.3, 0.4) is 0 Å². The van der Waals surface area contributed by atoms with Crippen molar-refractivity contribution in [3.05, 3.63) is 87.3 Å². The summed E-state index contributed by atoms with van der Waals surface area (Å²) in [5.74, 6) is -1.34. The van der Waals surface area contributed by atoms with Gasteiger partial charge in [-0.25, -0.2) is 4.79 Å². The van der Waals surface area contributed by atoms with Gasteiger partial charge in [0.25, 0.3) is 0 Å². The molecule has 1 aromatic heterocycles. The van der Waals surface area contributed by atoms with Crippen molar-refractivity contribution in [1.29, 1.82) is 0 Å². The molecule has 1 aliphatic rings. The van der Waals surface area contributed by atoms with Crippen LogP contribution in [-0.2, 0) is 17.8 Å². The lowest BCUT2D eigenvalue weighted by atomic mass is 10.0. The van der Waals surface area contributed by atoms with Crippen LogP contribution in [0.1, 0.15) is 32.4 Å². The predicted octanol–water partition coefficient (Wildman–Crippen LogP) is 4.80. The predicted molar refractivity (Wildman–Crippen MR) is 112 cm³/mol. The molecule has 0 spiro atoms. The summed E-state index contributed by atoms with van der Waals surface area (Å²) < 4.78 is 5.52. The lowest BCUT2D eigenvalue weighted by Crippen LogP contribution is -2.37. The van der Waals surface area contributed by atoms with E-state index in [1.807, 2.05) is 17.0 Å². The van der Waals surface area contributed by atoms with E-state index in [2.05, 4.69) is 0 Å². The number of aliphatic carboxylic acids is 1. The minimum atomic E-state index is -0.937. The van der Waals surface area contributed by atoms with Crippen LogP contribution >= 0.6 is 22.9 Å². The molecule has 0 amide bonds. The topological polar surface area (TPSA) is 66.8 Å². The normalized spacial score (nSPS) is 14.8. The second-order valence-corrected chi connectivity index (χ2v) is 8.26. The lowest BCUT2D eigenvalue weighted by Gasteiger charge is -2.32. The molecule has 7 heteroatoms. The number of esters is 1. The van der Waals surface area contributed by atoms with Crippen LogP contribution in [0.2, 0.25) is 5.02 Å². The highest BCUT2D eigenvalue weighted by atomic mass is 35.5. The largest absolute Gasteiger partial charge is 0.480 e. The van der Waals surface area contributed by atoms with Crippen molar-refractivity contribution in [2.75, 3.05) is 6.54 Å². The molecule has 3 aromatic rings. The van der Waals surface area contributed by atoms with Gasteiger partial charge in [-0.05, 0) is 41.8 Å². The fourth-order valence-corrected chi connectivity index (χ4v) is 4.75. The Balaban J connectivity index is 1.53. The van der Waals surface area contributed by atoms with E-state index in [-0.39, 0.29) is 0 Å². The van der Waals surface area contributed by atoms with E-state index >= 15 is 0 Å². The smallest absolute Gasteiger partial charge is 0.344 e. The van der Waals surface area contributed by atoms with Gasteiger partial charge < -0.3 is 9.84 Å². The summed E-state index contributed by atoms with van der Waals surface area (Å²) in [7, 11) is 0. The molecular formula is C22H18ClNO4S. The van der Waals surface area contributed by atoms with Crippen molar-refractivity contribution in [1.82, 2.24) is 4.90 Å². The molecule has 0 fully saturated rings. The maximum Gasteiger partial charge on any atom is 0.344 e. The Hall–Kier alpha value is -2.67. The van der Waals surface area contributed by atoms with Gasteiger partial charge in [-0.2, -0.15) is 0 Å². The van der Waals surface area contributed by atoms with E-state index in [4.69, 9.17) is 16.3 Å². The lowest BCUT2D eigenvalue weighted by molar-refractivity contribution is -0.144. The zero-order valence-electron chi connectivity index (χ0n) is 15.4. The van der Waals surface area contributed by atoms with Crippen molar-refractivity contribution in [2.45, 2.75) is 19.0 Å². The summed E-state index contributed by atoms with van der Waals surface area (Å²) in [5, 5.41) is 10.8. The van der Waals surface area contributed by atoms with Gasteiger partial charge in [-0.15, -0.1) is 11.3 Å². The molecule has 0 aliphatic carbocycles.